The van der Waals surface area contributed by atoms with Gasteiger partial charge in [-0.2, -0.15) is 9.78 Å². The zero-order valence-electron chi connectivity index (χ0n) is 16.6. The largest absolute Gasteiger partial charge is 0.390 e. The van der Waals surface area contributed by atoms with Gasteiger partial charge in [-0.15, -0.1) is 10.2 Å². The third kappa shape index (κ3) is 4.84. The SMILES string of the molecule is Cc1nnc(SCC(O)Cn2cnc3ccccc3c2=O)n1N=Cc1ccccc1Cl. The molecule has 0 spiro atoms. The van der Waals surface area contributed by atoms with Crippen molar-refractivity contribution in [3.8, 4) is 0 Å². The number of hydrogen-bond donors (Lipinski definition) is 1. The molecule has 31 heavy (non-hydrogen) atoms. The molecule has 1 atom stereocenters. The van der Waals surface area contributed by atoms with Crippen LogP contribution in [0.15, 0.2) is 69.9 Å². The summed E-state index contributed by atoms with van der Waals surface area (Å²) >= 11 is 7.47. The van der Waals surface area contributed by atoms with E-state index in [1.54, 1.807) is 42.1 Å². The van der Waals surface area contributed by atoms with E-state index in [2.05, 4.69) is 20.3 Å². The molecular formula is C21H19ClN6O2S. The van der Waals surface area contributed by atoms with Crippen LogP contribution in [0.4, 0.5) is 0 Å². The zero-order valence-corrected chi connectivity index (χ0v) is 18.2. The minimum atomic E-state index is -0.788. The first-order valence-corrected chi connectivity index (χ1v) is 10.9. The summed E-state index contributed by atoms with van der Waals surface area (Å²) in [5, 5.41) is 24.7. The van der Waals surface area contributed by atoms with Crippen LogP contribution < -0.4 is 5.56 Å². The van der Waals surface area contributed by atoms with E-state index in [0.29, 0.717) is 32.7 Å². The molecule has 0 bridgehead atoms. The molecule has 0 aliphatic heterocycles. The van der Waals surface area contributed by atoms with Gasteiger partial charge in [0.05, 0.1) is 36.1 Å². The maximum atomic E-state index is 12.6. The van der Waals surface area contributed by atoms with Crippen LogP contribution in [0.2, 0.25) is 5.02 Å². The number of halogens is 1. The number of hydrogen-bond acceptors (Lipinski definition) is 7. The Hall–Kier alpha value is -3.01. The summed E-state index contributed by atoms with van der Waals surface area (Å²) in [5.74, 6) is 0.911. The molecule has 2 aromatic heterocycles. The summed E-state index contributed by atoms with van der Waals surface area (Å²) in [5.41, 5.74) is 1.22. The highest BCUT2D eigenvalue weighted by atomic mass is 35.5. The van der Waals surface area contributed by atoms with Gasteiger partial charge >= 0.3 is 0 Å². The van der Waals surface area contributed by atoms with E-state index in [1.807, 2.05) is 24.3 Å². The number of thioether (sulfide) groups is 1. The van der Waals surface area contributed by atoms with Crippen molar-refractivity contribution in [3.63, 3.8) is 0 Å². The molecule has 2 heterocycles. The lowest BCUT2D eigenvalue weighted by molar-refractivity contribution is 0.176. The van der Waals surface area contributed by atoms with Crippen molar-refractivity contribution in [3.05, 3.63) is 81.6 Å². The van der Waals surface area contributed by atoms with E-state index in [-0.39, 0.29) is 12.1 Å². The van der Waals surface area contributed by atoms with Gasteiger partial charge in [-0.25, -0.2) is 4.98 Å². The van der Waals surface area contributed by atoms with E-state index < -0.39 is 6.10 Å². The van der Waals surface area contributed by atoms with Crippen molar-refractivity contribution in [1.82, 2.24) is 24.4 Å². The highest BCUT2D eigenvalue weighted by molar-refractivity contribution is 7.99. The fraction of sp³-hybridized carbons (Fsp3) is 0.190. The standard InChI is InChI=1S/C21H19ClN6O2S/c1-14-25-26-21(28(14)24-10-15-6-2-4-8-18(15)22)31-12-16(29)11-27-13-23-19-9-5-3-7-17(19)20(27)30/h2-10,13,16,29H,11-12H2,1H3. The minimum Gasteiger partial charge on any atom is -0.390 e. The molecule has 4 aromatic rings. The molecule has 0 radical (unpaired) electrons. The molecule has 0 aliphatic rings. The fourth-order valence-corrected chi connectivity index (χ4v) is 3.98. The summed E-state index contributed by atoms with van der Waals surface area (Å²) in [6.45, 7) is 1.91. The van der Waals surface area contributed by atoms with E-state index in [4.69, 9.17) is 11.6 Å². The molecular weight excluding hydrogens is 436 g/mol. The Morgan fingerprint density at radius 1 is 1.19 bits per heavy atom. The number of aromatic nitrogens is 5. The third-order valence-corrected chi connectivity index (χ3v) is 5.94. The zero-order chi connectivity index (χ0) is 21.8. The van der Waals surface area contributed by atoms with Gasteiger partial charge in [-0.05, 0) is 25.1 Å². The summed E-state index contributed by atoms with van der Waals surface area (Å²) < 4.78 is 3.00. The van der Waals surface area contributed by atoms with E-state index in [1.165, 1.54) is 22.7 Å². The normalized spacial score (nSPS) is 12.6. The molecule has 2 aromatic carbocycles. The lowest BCUT2D eigenvalue weighted by Crippen LogP contribution is -2.28. The molecule has 0 aliphatic carbocycles. The van der Waals surface area contributed by atoms with Gasteiger partial charge in [0.2, 0.25) is 5.16 Å². The molecule has 0 saturated heterocycles. The van der Waals surface area contributed by atoms with Gasteiger partial charge in [0.1, 0.15) is 0 Å². The lowest BCUT2D eigenvalue weighted by Gasteiger charge is -2.12. The van der Waals surface area contributed by atoms with Gasteiger partial charge in [0.15, 0.2) is 5.82 Å². The summed E-state index contributed by atoms with van der Waals surface area (Å²) in [4.78, 5) is 16.9. The number of aliphatic hydroxyl groups is 1. The van der Waals surface area contributed by atoms with Crippen LogP contribution in [-0.2, 0) is 6.54 Å². The Morgan fingerprint density at radius 2 is 1.97 bits per heavy atom. The number of benzene rings is 2. The Morgan fingerprint density at radius 3 is 2.81 bits per heavy atom. The smallest absolute Gasteiger partial charge is 0.261 e. The van der Waals surface area contributed by atoms with Gasteiger partial charge < -0.3 is 5.11 Å². The Labute approximate surface area is 187 Å². The second-order valence-electron chi connectivity index (χ2n) is 6.79. The maximum Gasteiger partial charge on any atom is 0.261 e. The Bertz CT molecular complexity index is 1300. The molecule has 8 nitrogen and oxygen atoms in total. The maximum absolute atomic E-state index is 12.6. The average molecular weight is 455 g/mol. The summed E-state index contributed by atoms with van der Waals surface area (Å²) in [7, 11) is 0. The number of aryl methyl sites for hydroxylation is 1. The van der Waals surface area contributed by atoms with Crippen LogP contribution in [0.1, 0.15) is 11.4 Å². The van der Waals surface area contributed by atoms with Crippen LogP contribution in [-0.4, -0.2) is 47.6 Å². The molecule has 1 N–H and O–H groups in total. The molecule has 0 fully saturated rings. The van der Waals surface area contributed by atoms with Crippen molar-refractivity contribution in [2.24, 2.45) is 5.10 Å². The Balaban J connectivity index is 1.45. The van der Waals surface area contributed by atoms with Crippen LogP contribution in [0.25, 0.3) is 10.9 Å². The van der Waals surface area contributed by atoms with Gasteiger partial charge in [-0.3, -0.25) is 9.36 Å². The van der Waals surface area contributed by atoms with Crippen molar-refractivity contribution >= 4 is 40.5 Å². The lowest BCUT2D eigenvalue weighted by atomic mass is 10.2. The minimum absolute atomic E-state index is 0.125. The quantitative estimate of drug-likeness (QED) is 0.340. The highest BCUT2D eigenvalue weighted by Gasteiger charge is 2.14. The van der Waals surface area contributed by atoms with Gasteiger partial charge in [-0.1, -0.05) is 53.7 Å². The van der Waals surface area contributed by atoms with Crippen LogP contribution in [0, 0.1) is 6.92 Å². The van der Waals surface area contributed by atoms with Crippen molar-refractivity contribution in [2.45, 2.75) is 24.7 Å². The van der Waals surface area contributed by atoms with Gasteiger partial charge in [0.25, 0.3) is 5.56 Å². The number of aliphatic hydroxyl groups excluding tert-OH is 1. The van der Waals surface area contributed by atoms with Crippen molar-refractivity contribution in [1.29, 1.82) is 0 Å². The van der Waals surface area contributed by atoms with Crippen LogP contribution in [0.3, 0.4) is 0 Å². The first-order valence-electron chi connectivity index (χ1n) is 9.49. The number of rotatable bonds is 7. The fourth-order valence-electron chi connectivity index (χ4n) is 2.95. The predicted octanol–water partition coefficient (Wildman–Crippen LogP) is 2.99. The molecule has 0 amide bonds. The first kappa shape index (κ1) is 21.2. The first-order chi connectivity index (χ1) is 15.0. The Kier molecular flexibility index (Phi) is 6.45. The van der Waals surface area contributed by atoms with Crippen molar-refractivity contribution in [2.75, 3.05) is 5.75 Å². The summed E-state index contributed by atoms with van der Waals surface area (Å²) in [6.07, 6.45) is 2.31. The van der Waals surface area contributed by atoms with E-state index in [0.717, 1.165) is 5.56 Å². The number of fused-ring (bicyclic) bond motifs is 1. The third-order valence-electron chi connectivity index (χ3n) is 4.53. The molecule has 4 rings (SSSR count). The molecule has 158 valence electrons. The average Bonchev–Trinajstić information content (AvgIpc) is 3.13. The summed E-state index contributed by atoms with van der Waals surface area (Å²) in [6, 6.07) is 14.5. The monoisotopic (exact) mass is 454 g/mol. The number of nitrogens with zero attached hydrogens (tertiary/aromatic N) is 6. The van der Waals surface area contributed by atoms with E-state index in [9.17, 15) is 9.90 Å². The molecule has 10 heteroatoms. The van der Waals surface area contributed by atoms with Gasteiger partial charge in [0, 0.05) is 16.3 Å². The van der Waals surface area contributed by atoms with Crippen LogP contribution >= 0.6 is 23.4 Å². The van der Waals surface area contributed by atoms with Crippen LogP contribution in [0.5, 0.6) is 0 Å². The number of para-hydroxylation sites is 1. The topological polar surface area (TPSA) is 98.2 Å². The highest BCUT2D eigenvalue weighted by Crippen LogP contribution is 2.19. The predicted molar refractivity (Wildman–Crippen MR) is 122 cm³/mol. The van der Waals surface area contributed by atoms with E-state index >= 15 is 0 Å². The molecule has 1 unspecified atom stereocenters. The molecule has 0 saturated carbocycles. The second-order valence-corrected chi connectivity index (χ2v) is 8.19. The second kappa shape index (κ2) is 9.42. The van der Waals surface area contributed by atoms with Crippen molar-refractivity contribution < 1.29 is 5.11 Å².